The van der Waals surface area contributed by atoms with E-state index < -0.39 is 11.9 Å². The van der Waals surface area contributed by atoms with E-state index in [1.807, 2.05) is 0 Å². The molecule has 6 heteroatoms. The zero-order valence-electron chi connectivity index (χ0n) is 9.77. The SMILES string of the molecule is O=C(COc1ccc(F)nc1)Nc1ccc(F)cc1. The van der Waals surface area contributed by atoms with Gasteiger partial charge in [-0.05, 0) is 36.4 Å². The van der Waals surface area contributed by atoms with E-state index in [9.17, 15) is 13.6 Å². The molecule has 0 aliphatic carbocycles. The summed E-state index contributed by atoms with van der Waals surface area (Å²) in [6.45, 7) is -0.245. The molecule has 2 aromatic rings. The lowest BCUT2D eigenvalue weighted by atomic mass is 10.3. The number of nitrogens with one attached hydrogen (secondary N) is 1. The molecule has 98 valence electrons. The van der Waals surface area contributed by atoms with Gasteiger partial charge in [-0.2, -0.15) is 4.39 Å². The molecule has 0 radical (unpaired) electrons. The second-order valence-electron chi connectivity index (χ2n) is 3.66. The number of hydrogen-bond donors (Lipinski definition) is 1. The minimum atomic E-state index is -0.622. The van der Waals surface area contributed by atoms with E-state index in [1.54, 1.807) is 0 Å². The molecule has 0 atom stereocenters. The molecule has 1 N–H and O–H groups in total. The fourth-order valence-corrected chi connectivity index (χ4v) is 1.33. The highest BCUT2D eigenvalue weighted by Gasteiger charge is 2.04. The molecule has 19 heavy (non-hydrogen) atoms. The van der Waals surface area contributed by atoms with E-state index in [-0.39, 0.29) is 18.2 Å². The van der Waals surface area contributed by atoms with Crippen LogP contribution in [0.5, 0.6) is 5.75 Å². The van der Waals surface area contributed by atoms with E-state index in [4.69, 9.17) is 4.74 Å². The molecule has 4 nitrogen and oxygen atoms in total. The second-order valence-corrected chi connectivity index (χ2v) is 3.66. The predicted molar refractivity (Wildman–Crippen MR) is 64.7 cm³/mol. The summed E-state index contributed by atoms with van der Waals surface area (Å²) in [6, 6.07) is 7.85. The van der Waals surface area contributed by atoms with E-state index in [2.05, 4.69) is 10.3 Å². The third-order valence-corrected chi connectivity index (χ3v) is 2.20. The maximum atomic E-state index is 12.7. The van der Waals surface area contributed by atoms with Crippen molar-refractivity contribution in [2.75, 3.05) is 11.9 Å². The van der Waals surface area contributed by atoms with Gasteiger partial charge in [-0.15, -0.1) is 0 Å². The second kappa shape index (κ2) is 5.90. The summed E-state index contributed by atoms with van der Waals surface area (Å²) in [7, 11) is 0. The van der Waals surface area contributed by atoms with Gasteiger partial charge in [0.2, 0.25) is 5.95 Å². The molecular weight excluding hydrogens is 254 g/mol. The van der Waals surface area contributed by atoms with Crippen molar-refractivity contribution in [2.24, 2.45) is 0 Å². The van der Waals surface area contributed by atoms with Crippen molar-refractivity contribution in [3.63, 3.8) is 0 Å². The van der Waals surface area contributed by atoms with Crippen LogP contribution in [0.4, 0.5) is 14.5 Å². The molecular formula is C13H10F2N2O2. The smallest absolute Gasteiger partial charge is 0.262 e. The van der Waals surface area contributed by atoms with E-state index >= 15 is 0 Å². The Hall–Kier alpha value is -2.50. The minimum Gasteiger partial charge on any atom is -0.482 e. The number of carbonyl (C=O) groups is 1. The maximum Gasteiger partial charge on any atom is 0.262 e. The van der Waals surface area contributed by atoms with Crippen LogP contribution in [-0.4, -0.2) is 17.5 Å². The standard InChI is InChI=1S/C13H10F2N2O2/c14-9-1-3-10(4-2-9)17-13(18)8-19-11-5-6-12(15)16-7-11/h1-7H,8H2,(H,17,18). The average molecular weight is 264 g/mol. The molecule has 0 bridgehead atoms. The molecule has 0 saturated heterocycles. The molecule has 1 heterocycles. The lowest BCUT2D eigenvalue weighted by molar-refractivity contribution is -0.118. The van der Waals surface area contributed by atoms with Crippen molar-refractivity contribution in [3.05, 3.63) is 54.4 Å². The number of carbonyl (C=O) groups excluding carboxylic acids is 1. The highest BCUT2D eigenvalue weighted by Crippen LogP contribution is 2.10. The summed E-state index contributed by atoms with van der Waals surface area (Å²) in [5, 5.41) is 2.53. The Morgan fingerprint density at radius 1 is 1.16 bits per heavy atom. The first-order valence-electron chi connectivity index (χ1n) is 5.43. The Morgan fingerprint density at radius 2 is 1.89 bits per heavy atom. The van der Waals surface area contributed by atoms with Crippen molar-refractivity contribution >= 4 is 11.6 Å². The lowest BCUT2D eigenvalue weighted by Gasteiger charge is -2.07. The van der Waals surface area contributed by atoms with Crippen molar-refractivity contribution in [2.45, 2.75) is 0 Å². The first-order valence-corrected chi connectivity index (χ1v) is 5.43. The van der Waals surface area contributed by atoms with Crippen LogP contribution < -0.4 is 10.1 Å². The highest BCUT2D eigenvalue weighted by molar-refractivity contribution is 5.91. The first-order chi connectivity index (χ1) is 9.13. The number of amides is 1. The average Bonchev–Trinajstić information content (AvgIpc) is 2.41. The summed E-state index contributed by atoms with van der Waals surface area (Å²) in [4.78, 5) is 14.9. The van der Waals surface area contributed by atoms with Crippen LogP contribution in [0, 0.1) is 11.8 Å². The number of nitrogens with zero attached hydrogens (tertiary/aromatic N) is 1. The zero-order chi connectivity index (χ0) is 13.7. The first kappa shape index (κ1) is 12.9. The van der Waals surface area contributed by atoms with Crippen molar-refractivity contribution in [3.8, 4) is 5.75 Å². The Bertz CT molecular complexity index is 556. The molecule has 0 fully saturated rings. The molecule has 1 aromatic carbocycles. The lowest BCUT2D eigenvalue weighted by Crippen LogP contribution is -2.20. The van der Waals surface area contributed by atoms with Gasteiger partial charge >= 0.3 is 0 Å². The number of halogens is 2. The molecule has 2 rings (SSSR count). The van der Waals surface area contributed by atoms with Crippen molar-refractivity contribution in [1.82, 2.24) is 4.98 Å². The van der Waals surface area contributed by atoms with Gasteiger partial charge in [0, 0.05) is 5.69 Å². The minimum absolute atomic E-state index is 0.245. The molecule has 1 aromatic heterocycles. The molecule has 0 saturated carbocycles. The quantitative estimate of drug-likeness (QED) is 0.862. The zero-order valence-corrected chi connectivity index (χ0v) is 9.77. The third-order valence-electron chi connectivity index (χ3n) is 2.20. The fourth-order valence-electron chi connectivity index (χ4n) is 1.33. The largest absolute Gasteiger partial charge is 0.482 e. The summed E-state index contributed by atoms with van der Waals surface area (Å²) >= 11 is 0. The number of anilines is 1. The normalized spacial score (nSPS) is 10.0. The van der Waals surface area contributed by atoms with E-state index in [0.717, 1.165) is 6.07 Å². The van der Waals surface area contributed by atoms with Crippen LogP contribution in [-0.2, 0) is 4.79 Å². The monoisotopic (exact) mass is 264 g/mol. The summed E-state index contributed by atoms with van der Waals surface area (Å²) < 4.78 is 30.3. The fraction of sp³-hybridized carbons (Fsp3) is 0.0769. The van der Waals surface area contributed by atoms with Gasteiger partial charge < -0.3 is 10.1 Å². The van der Waals surface area contributed by atoms with Crippen LogP contribution in [0.1, 0.15) is 0 Å². The molecule has 0 aliphatic heterocycles. The summed E-state index contributed by atoms with van der Waals surface area (Å²) in [5.74, 6) is -1.12. The number of rotatable bonds is 4. The number of aromatic nitrogens is 1. The van der Waals surface area contributed by atoms with Crippen LogP contribution in [0.15, 0.2) is 42.6 Å². The number of pyridine rings is 1. The van der Waals surface area contributed by atoms with Gasteiger partial charge in [0.1, 0.15) is 11.6 Å². The van der Waals surface area contributed by atoms with Gasteiger partial charge in [0.25, 0.3) is 5.91 Å². The Balaban J connectivity index is 1.84. The third kappa shape index (κ3) is 4.02. The van der Waals surface area contributed by atoms with E-state index in [0.29, 0.717) is 5.69 Å². The van der Waals surface area contributed by atoms with E-state index in [1.165, 1.54) is 36.5 Å². The maximum absolute atomic E-state index is 12.7. The molecule has 0 spiro atoms. The highest BCUT2D eigenvalue weighted by atomic mass is 19.1. The predicted octanol–water partition coefficient (Wildman–Crippen LogP) is 2.38. The number of benzene rings is 1. The number of hydrogen-bond acceptors (Lipinski definition) is 3. The molecule has 1 amide bonds. The van der Waals surface area contributed by atoms with Crippen LogP contribution >= 0.6 is 0 Å². The van der Waals surface area contributed by atoms with Gasteiger partial charge in [-0.3, -0.25) is 4.79 Å². The van der Waals surface area contributed by atoms with Gasteiger partial charge in [0.15, 0.2) is 6.61 Å². The Kier molecular flexibility index (Phi) is 4.02. The molecule has 0 aliphatic rings. The Morgan fingerprint density at radius 3 is 2.53 bits per heavy atom. The van der Waals surface area contributed by atoms with Crippen molar-refractivity contribution in [1.29, 1.82) is 0 Å². The van der Waals surface area contributed by atoms with Crippen LogP contribution in [0.3, 0.4) is 0 Å². The Labute approximate surface area is 108 Å². The van der Waals surface area contributed by atoms with Gasteiger partial charge in [-0.25, -0.2) is 9.37 Å². The topological polar surface area (TPSA) is 51.2 Å². The van der Waals surface area contributed by atoms with Gasteiger partial charge in [-0.1, -0.05) is 0 Å². The van der Waals surface area contributed by atoms with Crippen LogP contribution in [0.25, 0.3) is 0 Å². The molecule has 0 unspecified atom stereocenters. The number of ether oxygens (including phenoxy) is 1. The van der Waals surface area contributed by atoms with Crippen LogP contribution in [0.2, 0.25) is 0 Å². The summed E-state index contributed by atoms with van der Waals surface area (Å²) in [6.07, 6.45) is 1.18. The summed E-state index contributed by atoms with van der Waals surface area (Å²) in [5.41, 5.74) is 0.465. The van der Waals surface area contributed by atoms with Crippen molar-refractivity contribution < 1.29 is 18.3 Å². The van der Waals surface area contributed by atoms with Gasteiger partial charge in [0.05, 0.1) is 6.20 Å².